The van der Waals surface area contributed by atoms with E-state index in [-0.39, 0.29) is 11.7 Å². The van der Waals surface area contributed by atoms with Gasteiger partial charge in [-0.05, 0) is 37.3 Å². The second-order valence-electron chi connectivity index (χ2n) is 4.15. The molecule has 0 aliphatic rings. The number of rotatable bonds is 4. The molecule has 21 heavy (non-hydrogen) atoms. The summed E-state index contributed by atoms with van der Waals surface area (Å²) in [6, 6.07) is 8.87. The van der Waals surface area contributed by atoms with Crippen LogP contribution in [0.2, 0.25) is 5.02 Å². The summed E-state index contributed by atoms with van der Waals surface area (Å²) in [5.41, 5.74) is 0.717. The standard InChI is InChI=1S/C15H12BrClFNO2/c1-2-21-14-8-10(18)4-6-13(14)19-15(20)11-5-3-9(16)7-12(11)17/h3-8H,2H2,1H3,(H,19,20). The van der Waals surface area contributed by atoms with Gasteiger partial charge in [-0.3, -0.25) is 4.79 Å². The zero-order chi connectivity index (χ0) is 15.4. The molecule has 2 rings (SSSR count). The third-order valence-corrected chi connectivity index (χ3v) is 3.47. The van der Waals surface area contributed by atoms with Crippen LogP contribution in [0.25, 0.3) is 0 Å². The first-order chi connectivity index (χ1) is 10.0. The first kappa shape index (κ1) is 15.8. The molecule has 6 heteroatoms. The molecule has 0 aliphatic heterocycles. The summed E-state index contributed by atoms with van der Waals surface area (Å²) < 4.78 is 19.3. The smallest absolute Gasteiger partial charge is 0.257 e. The highest BCUT2D eigenvalue weighted by molar-refractivity contribution is 9.10. The lowest BCUT2D eigenvalue weighted by Gasteiger charge is -2.12. The number of carbonyl (C=O) groups excluding carboxylic acids is 1. The van der Waals surface area contributed by atoms with Gasteiger partial charge in [0, 0.05) is 10.5 Å². The van der Waals surface area contributed by atoms with Crippen LogP contribution in [0.1, 0.15) is 17.3 Å². The van der Waals surface area contributed by atoms with Crippen LogP contribution in [-0.4, -0.2) is 12.5 Å². The van der Waals surface area contributed by atoms with Crippen LogP contribution in [0.5, 0.6) is 5.75 Å². The molecule has 2 aromatic rings. The fourth-order valence-electron chi connectivity index (χ4n) is 1.74. The number of anilines is 1. The number of amides is 1. The van der Waals surface area contributed by atoms with Crippen molar-refractivity contribution in [3.05, 3.63) is 57.3 Å². The maximum Gasteiger partial charge on any atom is 0.257 e. The van der Waals surface area contributed by atoms with Gasteiger partial charge in [-0.1, -0.05) is 27.5 Å². The quantitative estimate of drug-likeness (QED) is 0.829. The van der Waals surface area contributed by atoms with E-state index in [1.54, 1.807) is 25.1 Å². The van der Waals surface area contributed by atoms with Crippen molar-refractivity contribution >= 4 is 39.1 Å². The van der Waals surface area contributed by atoms with E-state index in [9.17, 15) is 9.18 Å². The molecular formula is C15H12BrClFNO2. The van der Waals surface area contributed by atoms with E-state index in [4.69, 9.17) is 16.3 Å². The van der Waals surface area contributed by atoms with Crippen molar-refractivity contribution in [2.45, 2.75) is 6.92 Å². The maximum atomic E-state index is 13.2. The normalized spacial score (nSPS) is 10.3. The molecular weight excluding hydrogens is 361 g/mol. The average molecular weight is 373 g/mol. The Morgan fingerprint density at radius 2 is 2.10 bits per heavy atom. The topological polar surface area (TPSA) is 38.3 Å². The molecule has 2 aromatic carbocycles. The van der Waals surface area contributed by atoms with E-state index < -0.39 is 5.82 Å². The first-order valence-corrected chi connectivity index (χ1v) is 7.37. The highest BCUT2D eigenvalue weighted by atomic mass is 79.9. The summed E-state index contributed by atoms with van der Waals surface area (Å²) in [6.07, 6.45) is 0. The first-order valence-electron chi connectivity index (χ1n) is 6.20. The van der Waals surface area contributed by atoms with Crippen molar-refractivity contribution in [1.29, 1.82) is 0 Å². The Hall–Kier alpha value is -1.59. The minimum atomic E-state index is -0.432. The minimum Gasteiger partial charge on any atom is -0.492 e. The van der Waals surface area contributed by atoms with E-state index >= 15 is 0 Å². The molecule has 0 saturated carbocycles. The Balaban J connectivity index is 2.27. The lowest BCUT2D eigenvalue weighted by Crippen LogP contribution is -2.13. The number of hydrogen-bond acceptors (Lipinski definition) is 2. The van der Waals surface area contributed by atoms with Gasteiger partial charge >= 0.3 is 0 Å². The van der Waals surface area contributed by atoms with E-state index in [1.807, 2.05) is 0 Å². The van der Waals surface area contributed by atoms with Gasteiger partial charge in [0.25, 0.3) is 5.91 Å². The summed E-state index contributed by atoms with van der Waals surface area (Å²) in [7, 11) is 0. The van der Waals surface area contributed by atoms with Gasteiger partial charge in [-0.2, -0.15) is 0 Å². The van der Waals surface area contributed by atoms with Crippen LogP contribution < -0.4 is 10.1 Å². The highest BCUT2D eigenvalue weighted by Crippen LogP contribution is 2.27. The third-order valence-electron chi connectivity index (χ3n) is 2.67. The van der Waals surface area contributed by atoms with E-state index in [2.05, 4.69) is 21.2 Å². The van der Waals surface area contributed by atoms with E-state index in [0.717, 1.165) is 4.47 Å². The van der Waals surface area contributed by atoms with Crippen molar-refractivity contribution in [2.75, 3.05) is 11.9 Å². The summed E-state index contributed by atoms with van der Waals surface area (Å²) >= 11 is 9.31. The minimum absolute atomic E-state index is 0.277. The average Bonchev–Trinajstić information content (AvgIpc) is 2.42. The molecule has 0 bridgehead atoms. The zero-order valence-corrected chi connectivity index (χ0v) is 13.5. The number of ether oxygens (including phenoxy) is 1. The van der Waals surface area contributed by atoms with Gasteiger partial charge in [0.15, 0.2) is 0 Å². The fraction of sp³-hybridized carbons (Fsp3) is 0.133. The van der Waals surface area contributed by atoms with Crippen molar-refractivity contribution < 1.29 is 13.9 Å². The van der Waals surface area contributed by atoms with Gasteiger partial charge in [0.2, 0.25) is 0 Å². The largest absolute Gasteiger partial charge is 0.492 e. The molecule has 1 N–H and O–H groups in total. The number of halogens is 3. The number of carbonyl (C=O) groups is 1. The number of benzene rings is 2. The third kappa shape index (κ3) is 3.95. The van der Waals surface area contributed by atoms with Crippen molar-refractivity contribution in [3.8, 4) is 5.75 Å². The van der Waals surface area contributed by atoms with Crippen molar-refractivity contribution in [3.63, 3.8) is 0 Å². The fourth-order valence-corrected chi connectivity index (χ4v) is 2.50. The second-order valence-corrected chi connectivity index (χ2v) is 5.47. The van der Waals surface area contributed by atoms with Crippen LogP contribution in [-0.2, 0) is 0 Å². The van der Waals surface area contributed by atoms with Gasteiger partial charge in [-0.25, -0.2) is 4.39 Å². The van der Waals surface area contributed by atoms with E-state index in [0.29, 0.717) is 22.9 Å². The molecule has 0 spiro atoms. The summed E-state index contributed by atoms with van der Waals surface area (Å²) in [5, 5.41) is 2.99. The molecule has 0 atom stereocenters. The van der Waals surface area contributed by atoms with E-state index in [1.165, 1.54) is 18.2 Å². The molecule has 0 aliphatic carbocycles. The van der Waals surface area contributed by atoms with Gasteiger partial charge in [-0.15, -0.1) is 0 Å². The Bertz CT molecular complexity index is 679. The molecule has 0 aromatic heterocycles. The molecule has 3 nitrogen and oxygen atoms in total. The second kappa shape index (κ2) is 6.91. The van der Waals surface area contributed by atoms with Gasteiger partial charge in [0.05, 0.1) is 22.9 Å². The molecule has 110 valence electrons. The summed E-state index contributed by atoms with van der Waals surface area (Å²) in [5.74, 6) is -0.544. The molecule has 0 heterocycles. The monoisotopic (exact) mass is 371 g/mol. The lowest BCUT2D eigenvalue weighted by atomic mass is 10.2. The molecule has 0 saturated heterocycles. The predicted octanol–water partition coefficient (Wildman–Crippen LogP) is 4.89. The van der Waals surface area contributed by atoms with Crippen LogP contribution in [0.15, 0.2) is 40.9 Å². The molecule has 0 radical (unpaired) electrons. The molecule has 0 unspecified atom stereocenters. The number of nitrogens with one attached hydrogen (secondary N) is 1. The summed E-state index contributed by atoms with van der Waals surface area (Å²) in [4.78, 5) is 12.2. The predicted molar refractivity (Wildman–Crippen MR) is 84.7 cm³/mol. The van der Waals surface area contributed by atoms with Gasteiger partial charge in [0.1, 0.15) is 11.6 Å². The maximum absolute atomic E-state index is 13.2. The Kier molecular flexibility index (Phi) is 5.20. The lowest BCUT2D eigenvalue weighted by molar-refractivity contribution is 0.102. The highest BCUT2D eigenvalue weighted by Gasteiger charge is 2.14. The van der Waals surface area contributed by atoms with Gasteiger partial charge < -0.3 is 10.1 Å². The summed E-state index contributed by atoms with van der Waals surface area (Å²) in [6.45, 7) is 2.15. The van der Waals surface area contributed by atoms with Crippen molar-refractivity contribution in [2.24, 2.45) is 0 Å². The molecule has 0 fully saturated rings. The zero-order valence-electron chi connectivity index (χ0n) is 11.1. The Labute approximate surface area is 135 Å². The number of hydrogen-bond donors (Lipinski definition) is 1. The van der Waals surface area contributed by atoms with Crippen molar-refractivity contribution in [1.82, 2.24) is 0 Å². The molecule has 1 amide bonds. The Morgan fingerprint density at radius 1 is 1.33 bits per heavy atom. The van der Waals surface area contributed by atoms with Crippen LogP contribution in [0.3, 0.4) is 0 Å². The van der Waals surface area contributed by atoms with Crippen LogP contribution in [0, 0.1) is 5.82 Å². The van der Waals surface area contributed by atoms with Crippen LogP contribution >= 0.6 is 27.5 Å². The SMILES string of the molecule is CCOc1cc(F)ccc1NC(=O)c1ccc(Br)cc1Cl. The Morgan fingerprint density at radius 3 is 2.76 bits per heavy atom. The van der Waals surface area contributed by atoms with Crippen LogP contribution in [0.4, 0.5) is 10.1 Å².